The van der Waals surface area contributed by atoms with Crippen molar-refractivity contribution in [3.05, 3.63) is 26.7 Å². The summed E-state index contributed by atoms with van der Waals surface area (Å²) in [6.45, 7) is 5.93. The first kappa shape index (κ1) is 12.0. The maximum atomic E-state index is 10.1. The maximum Gasteiger partial charge on any atom is 0.235 e. The summed E-state index contributed by atoms with van der Waals surface area (Å²) in [7, 11) is 0. The van der Waals surface area contributed by atoms with Crippen molar-refractivity contribution in [2.24, 2.45) is 4.99 Å². The largest absolute Gasteiger partial charge is 0.506 e. The summed E-state index contributed by atoms with van der Waals surface area (Å²) in [5.74, 6) is 0.254. The number of nitrogens with zero attached hydrogens (tertiary/aromatic N) is 1. The quantitative estimate of drug-likeness (QED) is 0.663. The first-order valence-corrected chi connectivity index (χ1v) is 5.30. The van der Waals surface area contributed by atoms with Crippen molar-refractivity contribution in [2.45, 2.75) is 27.3 Å². The van der Waals surface area contributed by atoms with Crippen LogP contribution in [0.15, 0.2) is 9.47 Å². The Bertz CT molecular complexity index is 419. The van der Waals surface area contributed by atoms with Gasteiger partial charge in [-0.15, -0.1) is 0 Å². The van der Waals surface area contributed by atoms with Crippen LogP contribution in [0, 0.1) is 20.8 Å². The Morgan fingerprint density at radius 3 is 2.40 bits per heavy atom. The molecule has 0 bridgehead atoms. The van der Waals surface area contributed by atoms with Gasteiger partial charge in [0, 0.05) is 0 Å². The van der Waals surface area contributed by atoms with Gasteiger partial charge in [-0.2, -0.15) is 0 Å². The Kier molecular flexibility index (Phi) is 3.66. The van der Waals surface area contributed by atoms with Gasteiger partial charge in [0.25, 0.3) is 0 Å². The van der Waals surface area contributed by atoms with Gasteiger partial charge in [-0.1, -0.05) is 0 Å². The summed E-state index contributed by atoms with van der Waals surface area (Å²) in [6, 6.07) is 0. The number of halogens is 1. The van der Waals surface area contributed by atoms with Crippen LogP contribution in [0.25, 0.3) is 0 Å². The molecule has 0 aliphatic carbocycles. The molecule has 15 heavy (non-hydrogen) atoms. The van der Waals surface area contributed by atoms with E-state index in [0.717, 1.165) is 22.3 Å². The number of hydrogen-bond acceptors (Lipinski definition) is 3. The SMILES string of the molecule is Cc1c(C)c(CN=C=O)c(C)c(Br)c1O. The lowest BCUT2D eigenvalue weighted by Crippen LogP contribution is -1.97. The summed E-state index contributed by atoms with van der Waals surface area (Å²) in [5.41, 5.74) is 3.64. The van der Waals surface area contributed by atoms with Gasteiger partial charge >= 0.3 is 0 Å². The predicted octanol–water partition coefficient (Wildman–Crippen LogP) is 2.92. The number of phenolic OH excluding ortho intramolecular Hbond substituents is 1. The molecule has 0 saturated carbocycles. The molecule has 0 amide bonds. The second-order valence-corrected chi connectivity index (χ2v) is 4.22. The van der Waals surface area contributed by atoms with Crippen LogP contribution in [0.5, 0.6) is 5.75 Å². The number of aromatic hydroxyl groups is 1. The molecular weight excluding hydrogens is 258 g/mol. The van der Waals surface area contributed by atoms with Gasteiger partial charge in [-0.05, 0) is 59.0 Å². The van der Waals surface area contributed by atoms with Gasteiger partial charge in [0.2, 0.25) is 6.08 Å². The Balaban J connectivity index is 3.44. The molecular formula is C11H12BrNO2. The molecule has 1 rings (SSSR count). The van der Waals surface area contributed by atoms with Gasteiger partial charge in [0.05, 0.1) is 11.0 Å². The van der Waals surface area contributed by atoms with E-state index in [-0.39, 0.29) is 5.75 Å². The van der Waals surface area contributed by atoms with Gasteiger partial charge in [-0.25, -0.2) is 9.79 Å². The van der Waals surface area contributed by atoms with Crippen molar-refractivity contribution in [3.8, 4) is 5.75 Å². The first-order chi connectivity index (χ1) is 7.00. The molecule has 3 nitrogen and oxygen atoms in total. The minimum Gasteiger partial charge on any atom is -0.506 e. The van der Waals surface area contributed by atoms with Crippen molar-refractivity contribution < 1.29 is 9.90 Å². The topological polar surface area (TPSA) is 49.7 Å². The zero-order valence-corrected chi connectivity index (χ0v) is 10.5. The number of isocyanates is 1. The third kappa shape index (κ3) is 2.11. The predicted molar refractivity (Wildman–Crippen MR) is 61.8 cm³/mol. The summed E-state index contributed by atoms with van der Waals surface area (Å²) in [6.07, 6.45) is 1.52. The summed E-state index contributed by atoms with van der Waals surface area (Å²) >= 11 is 3.32. The molecule has 0 atom stereocenters. The molecule has 0 saturated heterocycles. The molecule has 1 aromatic carbocycles. The highest BCUT2D eigenvalue weighted by atomic mass is 79.9. The van der Waals surface area contributed by atoms with Gasteiger partial charge in [0.1, 0.15) is 5.75 Å². The van der Waals surface area contributed by atoms with Crippen molar-refractivity contribution >= 4 is 22.0 Å². The highest BCUT2D eigenvalue weighted by Gasteiger charge is 2.14. The van der Waals surface area contributed by atoms with E-state index in [4.69, 9.17) is 0 Å². The Morgan fingerprint density at radius 1 is 1.27 bits per heavy atom. The number of aliphatic imine (C=N–C) groups is 1. The van der Waals surface area contributed by atoms with Crippen molar-refractivity contribution in [2.75, 3.05) is 0 Å². The molecule has 80 valence electrons. The Labute approximate surface area is 97.0 Å². The average molecular weight is 270 g/mol. The summed E-state index contributed by atoms with van der Waals surface area (Å²) < 4.78 is 0.668. The average Bonchev–Trinajstić information content (AvgIpc) is 2.24. The molecule has 1 aromatic rings. The van der Waals surface area contributed by atoms with E-state index in [1.807, 2.05) is 20.8 Å². The fourth-order valence-electron chi connectivity index (χ4n) is 1.51. The molecule has 4 heteroatoms. The van der Waals surface area contributed by atoms with E-state index in [1.165, 1.54) is 6.08 Å². The number of hydrogen-bond donors (Lipinski definition) is 1. The minimum atomic E-state index is 0.254. The lowest BCUT2D eigenvalue weighted by Gasteiger charge is -2.14. The van der Waals surface area contributed by atoms with Gasteiger partial charge < -0.3 is 5.11 Å². The summed E-state index contributed by atoms with van der Waals surface area (Å²) in [5, 5.41) is 9.76. The number of phenols is 1. The maximum absolute atomic E-state index is 10.1. The first-order valence-electron chi connectivity index (χ1n) is 4.51. The smallest absolute Gasteiger partial charge is 0.235 e. The van der Waals surface area contributed by atoms with Crippen LogP contribution in [-0.2, 0) is 11.3 Å². The number of carbonyl (C=O) groups excluding carboxylic acids is 1. The standard InChI is InChI=1S/C11H12BrNO2/c1-6-7(2)11(15)10(12)8(3)9(6)4-13-5-14/h15H,4H2,1-3H3. The van der Waals surface area contributed by atoms with Gasteiger partial charge in [-0.3, -0.25) is 0 Å². The van der Waals surface area contributed by atoms with E-state index < -0.39 is 0 Å². The third-order valence-electron chi connectivity index (χ3n) is 2.66. The number of benzene rings is 1. The molecule has 0 aromatic heterocycles. The van der Waals surface area contributed by atoms with E-state index >= 15 is 0 Å². The monoisotopic (exact) mass is 269 g/mol. The van der Waals surface area contributed by atoms with Crippen LogP contribution in [0.1, 0.15) is 22.3 Å². The minimum absolute atomic E-state index is 0.254. The Morgan fingerprint density at radius 2 is 1.87 bits per heavy atom. The second kappa shape index (κ2) is 4.60. The molecule has 0 spiro atoms. The van der Waals surface area contributed by atoms with Crippen LogP contribution in [-0.4, -0.2) is 11.2 Å². The van der Waals surface area contributed by atoms with Gasteiger partial charge in [0.15, 0.2) is 0 Å². The molecule has 0 aliphatic rings. The molecule has 1 N–H and O–H groups in total. The fourth-order valence-corrected chi connectivity index (χ4v) is 2.05. The molecule has 0 radical (unpaired) electrons. The number of rotatable bonds is 2. The fraction of sp³-hybridized carbons (Fsp3) is 0.364. The molecule has 0 fully saturated rings. The zero-order chi connectivity index (χ0) is 11.6. The van der Waals surface area contributed by atoms with Crippen molar-refractivity contribution in [3.63, 3.8) is 0 Å². The lowest BCUT2D eigenvalue weighted by molar-refractivity contribution is 0.466. The van der Waals surface area contributed by atoms with Crippen LogP contribution in [0.4, 0.5) is 0 Å². The van der Waals surface area contributed by atoms with Crippen LogP contribution in [0.2, 0.25) is 0 Å². The highest BCUT2D eigenvalue weighted by Crippen LogP contribution is 2.36. The molecule has 0 aliphatic heterocycles. The second-order valence-electron chi connectivity index (χ2n) is 3.42. The van der Waals surface area contributed by atoms with E-state index in [2.05, 4.69) is 20.9 Å². The molecule has 0 unspecified atom stereocenters. The van der Waals surface area contributed by atoms with E-state index in [0.29, 0.717) is 11.0 Å². The normalized spacial score (nSPS) is 9.87. The van der Waals surface area contributed by atoms with Crippen LogP contribution in [0.3, 0.4) is 0 Å². The van der Waals surface area contributed by atoms with Crippen LogP contribution < -0.4 is 0 Å². The molecule has 0 heterocycles. The zero-order valence-electron chi connectivity index (χ0n) is 8.89. The summed E-state index contributed by atoms with van der Waals surface area (Å²) in [4.78, 5) is 13.7. The third-order valence-corrected chi connectivity index (χ3v) is 3.63. The Hall–Kier alpha value is -1.12. The van der Waals surface area contributed by atoms with Crippen molar-refractivity contribution in [1.29, 1.82) is 0 Å². The lowest BCUT2D eigenvalue weighted by atomic mass is 9.97. The van der Waals surface area contributed by atoms with E-state index in [1.54, 1.807) is 0 Å². The van der Waals surface area contributed by atoms with E-state index in [9.17, 15) is 9.90 Å². The highest BCUT2D eigenvalue weighted by molar-refractivity contribution is 9.10. The van der Waals surface area contributed by atoms with Crippen LogP contribution >= 0.6 is 15.9 Å². The van der Waals surface area contributed by atoms with Crippen molar-refractivity contribution in [1.82, 2.24) is 0 Å².